The number of rotatable bonds is 5. The SMILES string of the molecule is COc1ccc(-c2cc(C(=O)N/N=C\c3cccc(Br)c3)[nH]n2)cc1. The molecule has 3 aromatic rings. The zero-order valence-corrected chi connectivity index (χ0v) is 14.9. The van der Waals surface area contributed by atoms with E-state index in [4.69, 9.17) is 4.74 Å². The minimum Gasteiger partial charge on any atom is -0.497 e. The highest BCUT2D eigenvalue weighted by atomic mass is 79.9. The number of methoxy groups -OCH3 is 1. The van der Waals surface area contributed by atoms with Crippen molar-refractivity contribution in [3.8, 4) is 17.0 Å². The third-order valence-corrected chi connectivity index (χ3v) is 3.93. The minimum atomic E-state index is -0.362. The number of nitrogens with zero attached hydrogens (tertiary/aromatic N) is 2. The van der Waals surface area contributed by atoms with Gasteiger partial charge in [-0.25, -0.2) is 5.43 Å². The summed E-state index contributed by atoms with van der Waals surface area (Å²) in [5, 5.41) is 10.8. The van der Waals surface area contributed by atoms with Gasteiger partial charge in [-0.15, -0.1) is 0 Å². The summed E-state index contributed by atoms with van der Waals surface area (Å²) in [6.07, 6.45) is 1.57. The molecule has 0 spiro atoms. The highest BCUT2D eigenvalue weighted by Crippen LogP contribution is 2.21. The van der Waals surface area contributed by atoms with Gasteiger partial charge in [0.05, 0.1) is 19.0 Å². The Kier molecular flexibility index (Phi) is 5.25. The van der Waals surface area contributed by atoms with Crippen LogP contribution < -0.4 is 10.2 Å². The Morgan fingerprint density at radius 2 is 2.04 bits per heavy atom. The lowest BCUT2D eigenvalue weighted by Crippen LogP contribution is -2.17. The molecule has 1 heterocycles. The lowest BCUT2D eigenvalue weighted by Gasteiger charge is -2.00. The van der Waals surface area contributed by atoms with Gasteiger partial charge in [-0.1, -0.05) is 28.1 Å². The number of carbonyl (C=O) groups is 1. The molecule has 2 aromatic carbocycles. The number of hydrogen-bond donors (Lipinski definition) is 2. The molecule has 25 heavy (non-hydrogen) atoms. The predicted octanol–water partition coefficient (Wildman–Crippen LogP) is 3.61. The van der Waals surface area contributed by atoms with Crippen LogP contribution in [0.2, 0.25) is 0 Å². The van der Waals surface area contributed by atoms with E-state index >= 15 is 0 Å². The molecule has 0 atom stereocenters. The zero-order valence-electron chi connectivity index (χ0n) is 13.4. The molecule has 6 nitrogen and oxygen atoms in total. The van der Waals surface area contributed by atoms with Gasteiger partial charge in [0.25, 0.3) is 5.91 Å². The highest BCUT2D eigenvalue weighted by molar-refractivity contribution is 9.10. The molecule has 0 radical (unpaired) electrons. The molecule has 2 N–H and O–H groups in total. The summed E-state index contributed by atoms with van der Waals surface area (Å²) in [6.45, 7) is 0. The van der Waals surface area contributed by atoms with Crippen molar-refractivity contribution >= 4 is 28.1 Å². The fourth-order valence-corrected chi connectivity index (χ4v) is 2.58. The number of hydrogen-bond acceptors (Lipinski definition) is 4. The van der Waals surface area contributed by atoms with Crippen LogP contribution in [-0.4, -0.2) is 29.4 Å². The van der Waals surface area contributed by atoms with Crippen molar-refractivity contribution in [1.29, 1.82) is 0 Å². The number of carbonyl (C=O) groups excluding carboxylic acids is 1. The average molecular weight is 399 g/mol. The van der Waals surface area contributed by atoms with Gasteiger partial charge in [0, 0.05) is 10.0 Å². The summed E-state index contributed by atoms with van der Waals surface area (Å²) in [7, 11) is 1.61. The fraction of sp³-hybridized carbons (Fsp3) is 0.0556. The maximum Gasteiger partial charge on any atom is 0.289 e. The average Bonchev–Trinajstić information content (AvgIpc) is 3.12. The second-order valence-electron chi connectivity index (χ2n) is 5.15. The molecule has 3 rings (SSSR count). The Morgan fingerprint density at radius 1 is 1.24 bits per heavy atom. The van der Waals surface area contributed by atoms with Crippen LogP contribution in [0.5, 0.6) is 5.75 Å². The minimum absolute atomic E-state index is 0.331. The molecular formula is C18H15BrN4O2. The number of nitrogens with one attached hydrogen (secondary N) is 2. The summed E-state index contributed by atoms with van der Waals surface area (Å²) in [5.41, 5.74) is 5.23. The predicted molar refractivity (Wildman–Crippen MR) is 99.8 cm³/mol. The monoisotopic (exact) mass is 398 g/mol. The number of hydrazone groups is 1. The van der Waals surface area contributed by atoms with E-state index in [-0.39, 0.29) is 5.91 Å². The van der Waals surface area contributed by atoms with Crippen LogP contribution in [-0.2, 0) is 0 Å². The molecule has 1 amide bonds. The Morgan fingerprint density at radius 3 is 2.76 bits per heavy atom. The van der Waals surface area contributed by atoms with Gasteiger partial charge >= 0.3 is 0 Å². The van der Waals surface area contributed by atoms with E-state index in [1.54, 1.807) is 19.4 Å². The molecule has 0 fully saturated rings. The number of amides is 1. The molecule has 0 bridgehead atoms. The van der Waals surface area contributed by atoms with E-state index in [9.17, 15) is 4.79 Å². The molecule has 7 heteroatoms. The second kappa shape index (κ2) is 7.76. The van der Waals surface area contributed by atoms with E-state index in [1.807, 2.05) is 48.5 Å². The van der Waals surface area contributed by atoms with Gasteiger partial charge in [-0.2, -0.15) is 10.2 Å². The Bertz CT molecular complexity index is 903. The number of H-pyrrole nitrogens is 1. The molecule has 0 unspecified atom stereocenters. The standard InChI is InChI=1S/C18H15BrN4O2/c1-25-15-7-5-13(6-8-15)16-10-17(22-21-16)18(24)23-20-11-12-3-2-4-14(19)9-12/h2-11H,1H3,(H,21,22)(H,23,24)/b20-11-. The highest BCUT2D eigenvalue weighted by Gasteiger charge is 2.10. The Hall–Kier alpha value is -2.93. The van der Waals surface area contributed by atoms with Crippen LogP contribution in [0.1, 0.15) is 16.1 Å². The molecular weight excluding hydrogens is 384 g/mol. The van der Waals surface area contributed by atoms with Crippen LogP contribution >= 0.6 is 15.9 Å². The van der Waals surface area contributed by atoms with Gasteiger partial charge < -0.3 is 4.74 Å². The molecule has 126 valence electrons. The number of aromatic amines is 1. The van der Waals surface area contributed by atoms with Crippen molar-refractivity contribution in [3.63, 3.8) is 0 Å². The first kappa shape index (κ1) is 16.9. The van der Waals surface area contributed by atoms with Crippen molar-refractivity contribution in [1.82, 2.24) is 15.6 Å². The topological polar surface area (TPSA) is 79.4 Å². The lowest BCUT2D eigenvalue weighted by molar-refractivity contribution is 0.0950. The van der Waals surface area contributed by atoms with Gasteiger partial charge in [0.1, 0.15) is 11.4 Å². The van der Waals surface area contributed by atoms with E-state index < -0.39 is 0 Å². The van der Waals surface area contributed by atoms with Crippen molar-refractivity contribution < 1.29 is 9.53 Å². The fourth-order valence-electron chi connectivity index (χ4n) is 2.16. The van der Waals surface area contributed by atoms with Crippen molar-refractivity contribution in [3.05, 3.63) is 70.3 Å². The van der Waals surface area contributed by atoms with Crippen LogP contribution in [0.15, 0.2) is 64.2 Å². The third-order valence-electron chi connectivity index (χ3n) is 3.44. The summed E-state index contributed by atoms with van der Waals surface area (Å²) in [4.78, 5) is 12.1. The first-order valence-electron chi connectivity index (χ1n) is 7.44. The summed E-state index contributed by atoms with van der Waals surface area (Å²) in [6, 6.07) is 16.7. The number of ether oxygens (including phenoxy) is 1. The first-order valence-corrected chi connectivity index (χ1v) is 8.24. The van der Waals surface area contributed by atoms with E-state index in [0.717, 1.165) is 21.3 Å². The molecule has 0 aliphatic heterocycles. The van der Waals surface area contributed by atoms with E-state index in [1.165, 1.54) is 0 Å². The van der Waals surface area contributed by atoms with Crippen molar-refractivity contribution in [2.75, 3.05) is 7.11 Å². The molecule has 1 aromatic heterocycles. The van der Waals surface area contributed by atoms with Crippen molar-refractivity contribution in [2.24, 2.45) is 5.10 Å². The summed E-state index contributed by atoms with van der Waals surface area (Å²) >= 11 is 3.38. The normalized spacial score (nSPS) is 10.8. The third kappa shape index (κ3) is 4.33. The largest absolute Gasteiger partial charge is 0.497 e. The number of benzene rings is 2. The van der Waals surface area contributed by atoms with E-state index in [0.29, 0.717) is 11.4 Å². The number of aromatic nitrogens is 2. The van der Waals surface area contributed by atoms with Crippen LogP contribution in [0.25, 0.3) is 11.3 Å². The maximum atomic E-state index is 12.1. The van der Waals surface area contributed by atoms with Gasteiger partial charge in [-0.05, 0) is 48.0 Å². The van der Waals surface area contributed by atoms with Gasteiger partial charge in [-0.3, -0.25) is 9.89 Å². The molecule has 0 saturated carbocycles. The summed E-state index contributed by atoms with van der Waals surface area (Å²) < 4.78 is 6.07. The Balaban J connectivity index is 1.66. The Labute approximate surface area is 153 Å². The first-order chi connectivity index (χ1) is 12.2. The number of halogens is 1. The quantitative estimate of drug-likeness (QED) is 0.508. The van der Waals surface area contributed by atoms with Gasteiger partial charge in [0.15, 0.2) is 0 Å². The molecule has 0 aliphatic carbocycles. The van der Waals surface area contributed by atoms with Crippen LogP contribution in [0.3, 0.4) is 0 Å². The maximum absolute atomic E-state index is 12.1. The van der Waals surface area contributed by atoms with Crippen LogP contribution in [0, 0.1) is 0 Å². The van der Waals surface area contributed by atoms with Crippen molar-refractivity contribution in [2.45, 2.75) is 0 Å². The lowest BCUT2D eigenvalue weighted by atomic mass is 10.1. The summed E-state index contributed by atoms with van der Waals surface area (Å²) in [5.74, 6) is 0.401. The molecule has 0 saturated heterocycles. The smallest absolute Gasteiger partial charge is 0.289 e. The van der Waals surface area contributed by atoms with E-state index in [2.05, 4.69) is 36.7 Å². The molecule has 0 aliphatic rings. The van der Waals surface area contributed by atoms with Crippen LogP contribution in [0.4, 0.5) is 0 Å². The van der Waals surface area contributed by atoms with Gasteiger partial charge in [0.2, 0.25) is 0 Å². The zero-order chi connectivity index (χ0) is 17.6. The second-order valence-corrected chi connectivity index (χ2v) is 6.07.